The molecule has 0 aromatic carbocycles. The van der Waals surface area contributed by atoms with Crippen LogP contribution in [0.25, 0.3) is 16.8 Å². The summed E-state index contributed by atoms with van der Waals surface area (Å²) in [7, 11) is 0. The molecule has 2 N–H and O–H groups in total. The minimum absolute atomic E-state index is 0.0278. The minimum atomic E-state index is -2.12. The molecule has 4 rings (SSSR count). The third-order valence-electron chi connectivity index (χ3n) is 5.08. The number of fused-ring (bicyclic) bond motifs is 1. The van der Waals surface area contributed by atoms with Crippen LogP contribution in [0.2, 0.25) is 0 Å². The fraction of sp³-hybridized carbons (Fsp3) is 0.520. The summed E-state index contributed by atoms with van der Waals surface area (Å²) in [5.74, 6) is 0.670. The number of aryl methyl sites for hydroxylation is 1. The molecular weight excluding hydrogens is 436 g/mol. The van der Waals surface area contributed by atoms with Gasteiger partial charge in [0.05, 0.1) is 28.8 Å². The lowest BCUT2D eigenvalue weighted by molar-refractivity contribution is 0.144. The number of rotatable bonds is 5. The van der Waals surface area contributed by atoms with E-state index in [1.54, 1.807) is 0 Å². The van der Waals surface area contributed by atoms with Gasteiger partial charge in [0.2, 0.25) is 12.4 Å². The first-order valence-corrected chi connectivity index (χ1v) is 12.0. The molecule has 0 aliphatic carbocycles. The molecule has 0 spiro atoms. The number of nitrogens with zero attached hydrogens (tertiary/aromatic N) is 5. The molecule has 0 radical (unpaired) electrons. The van der Waals surface area contributed by atoms with Crippen LogP contribution in [0, 0.1) is 6.92 Å². The largest absolute Gasteiger partial charge is 0.350 e. The van der Waals surface area contributed by atoms with Crippen molar-refractivity contribution in [1.29, 1.82) is 0 Å². The van der Waals surface area contributed by atoms with Gasteiger partial charge in [-0.15, -0.1) is 5.10 Å². The molecule has 3 aromatic heterocycles. The standard InChI is InChI=1S/C20H25N7.C3H6F2.C2H6/c1-13(2)23-17-4-5-18(24-14(17)3)16-8-11-27-19(16)12-22-20(26-27)25-15-6-9-21-10-7-15;1-2-3(4)5;1-2/h4-5,8,11-12,15,21H,6-7,9-10H2,1-3H3,(H,25,26);3H,2H2,1H3;1-2H3. The van der Waals surface area contributed by atoms with E-state index in [0.717, 1.165) is 59.8 Å². The Morgan fingerprint density at radius 2 is 1.88 bits per heavy atom. The molecule has 3 aromatic rings. The van der Waals surface area contributed by atoms with Crippen LogP contribution in [0.4, 0.5) is 20.4 Å². The average molecular weight is 474 g/mol. The Morgan fingerprint density at radius 1 is 1.21 bits per heavy atom. The van der Waals surface area contributed by atoms with Gasteiger partial charge in [-0.2, -0.15) is 0 Å². The predicted octanol–water partition coefficient (Wildman–Crippen LogP) is 6.06. The maximum atomic E-state index is 10.8. The molecule has 7 nitrogen and oxygen atoms in total. The number of nitrogens with one attached hydrogen (secondary N) is 2. The van der Waals surface area contributed by atoms with Crippen molar-refractivity contribution in [3.05, 3.63) is 36.3 Å². The quantitative estimate of drug-likeness (QED) is 0.440. The van der Waals surface area contributed by atoms with E-state index in [2.05, 4.69) is 25.7 Å². The normalized spacial score (nSPS) is 13.6. The van der Waals surface area contributed by atoms with Crippen LogP contribution in [0.5, 0.6) is 0 Å². The highest BCUT2D eigenvalue weighted by Gasteiger charge is 2.15. The maximum Gasteiger partial charge on any atom is 0.241 e. The summed E-state index contributed by atoms with van der Waals surface area (Å²) >= 11 is 0. The molecule has 0 unspecified atom stereocenters. The van der Waals surface area contributed by atoms with Gasteiger partial charge in [0, 0.05) is 29.9 Å². The first-order valence-electron chi connectivity index (χ1n) is 12.0. The van der Waals surface area contributed by atoms with E-state index in [-0.39, 0.29) is 6.42 Å². The highest BCUT2D eigenvalue weighted by atomic mass is 19.3. The fourth-order valence-corrected chi connectivity index (χ4v) is 3.39. The van der Waals surface area contributed by atoms with Crippen LogP contribution in [0.3, 0.4) is 0 Å². The van der Waals surface area contributed by atoms with Gasteiger partial charge >= 0.3 is 0 Å². The molecule has 1 fully saturated rings. The number of piperidine rings is 1. The predicted molar refractivity (Wildman–Crippen MR) is 137 cm³/mol. The van der Waals surface area contributed by atoms with Crippen molar-refractivity contribution in [2.24, 2.45) is 4.99 Å². The van der Waals surface area contributed by atoms with Crippen LogP contribution in [0.1, 0.15) is 59.6 Å². The molecule has 34 heavy (non-hydrogen) atoms. The van der Waals surface area contributed by atoms with Crippen molar-refractivity contribution < 1.29 is 8.78 Å². The van der Waals surface area contributed by atoms with Crippen LogP contribution >= 0.6 is 0 Å². The Morgan fingerprint density at radius 3 is 2.47 bits per heavy atom. The molecule has 1 aliphatic heterocycles. The Hall–Kier alpha value is -2.94. The second-order valence-electron chi connectivity index (χ2n) is 7.97. The summed E-state index contributed by atoms with van der Waals surface area (Å²) < 4.78 is 23.4. The number of aromatic nitrogens is 4. The van der Waals surface area contributed by atoms with Crippen molar-refractivity contribution in [1.82, 2.24) is 24.9 Å². The number of hydrogen-bond donors (Lipinski definition) is 2. The van der Waals surface area contributed by atoms with E-state index in [0.29, 0.717) is 12.0 Å². The van der Waals surface area contributed by atoms with Crippen molar-refractivity contribution in [2.45, 2.75) is 73.3 Å². The first kappa shape index (κ1) is 27.3. The average Bonchev–Trinajstić information content (AvgIpc) is 3.26. The molecule has 0 saturated carbocycles. The summed E-state index contributed by atoms with van der Waals surface area (Å²) in [6.45, 7) is 13.5. The van der Waals surface area contributed by atoms with Gasteiger partial charge in [0.15, 0.2) is 0 Å². The zero-order valence-corrected chi connectivity index (χ0v) is 21.1. The third-order valence-corrected chi connectivity index (χ3v) is 5.08. The molecule has 1 saturated heterocycles. The number of pyridine rings is 1. The lowest BCUT2D eigenvalue weighted by Crippen LogP contribution is -2.35. The molecule has 9 heteroatoms. The van der Waals surface area contributed by atoms with Gasteiger partial charge in [-0.1, -0.05) is 20.8 Å². The van der Waals surface area contributed by atoms with Crippen molar-refractivity contribution in [3.8, 4) is 11.3 Å². The van der Waals surface area contributed by atoms with E-state index >= 15 is 0 Å². The third kappa shape index (κ3) is 7.83. The second kappa shape index (κ2) is 13.7. The summed E-state index contributed by atoms with van der Waals surface area (Å²) in [6.07, 6.45) is 3.86. The summed E-state index contributed by atoms with van der Waals surface area (Å²) in [6, 6.07) is 6.49. The monoisotopic (exact) mass is 473 g/mol. The van der Waals surface area contributed by atoms with Crippen molar-refractivity contribution >= 4 is 22.9 Å². The zero-order valence-electron chi connectivity index (χ0n) is 21.1. The molecule has 4 heterocycles. The van der Waals surface area contributed by atoms with Crippen LogP contribution in [-0.2, 0) is 0 Å². The van der Waals surface area contributed by atoms with E-state index < -0.39 is 6.43 Å². The second-order valence-corrected chi connectivity index (χ2v) is 7.97. The summed E-state index contributed by atoms with van der Waals surface area (Å²) in [5.41, 5.74) is 5.72. The number of alkyl halides is 2. The lowest BCUT2D eigenvalue weighted by atomic mass is 10.1. The van der Waals surface area contributed by atoms with Gasteiger partial charge in [-0.25, -0.2) is 18.3 Å². The van der Waals surface area contributed by atoms with Gasteiger partial charge in [-0.05, 0) is 64.9 Å². The molecule has 0 atom stereocenters. The van der Waals surface area contributed by atoms with Gasteiger partial charge in [0.25, 0.3) is 0 Å². The number of anilines is 1. The van der Waals surface area contributed by atoms with E-state index in [9.17, 15) is 8.78 Å². The molecule has 1 aliphatic rings. The fourth-order valence-electron chi connectivity index (χ4n) is 3.39. The topological polar surface area (TPSA) is 79.5 Å². The Kier molecular flexibility index (Phi) is 11.0. The number of aliphatic imine (C=N–C) groups is 1. The van der Waals surface area contributed by atoms with E-state index in [1.807, 2.05) is 69.7 Å². The highest BCUT2D eigenvalue weighted by molar-refractivity contribution is 5.83. The number of halogens is 2. The highest BCUT2D eigenvalue weighted by Crippen LogP contribution is 2.27. The zero-order chi connectivity index (χ0) is 25.1. The minimum Gasteiger partial charge on any atom is -0.350 e. The summed E-state index contributed by atoms with van der Waals surface area (Å²) in [4.78, 5) is 13.8. The smallest absolute Gasteiger partial charge is 0.241 e. The molecule has 0 bridgehead atoms. The molecule has 0 amide bonds. The van der Waals surface area contributed by atoms with Gasteiger partial charge < -0.3 is 10.6 Å². The first-order chi connectivity index (χ1) is 16.4. The van der Waals surface area contributed by atoms with E-state index in [4.69, 9.17) is 4.98 Å². The van der Waals surface area contributed by atoms with E-state index in [1.165, 1.54) is 6.92 Å². The van der Waals surface area contributed by atoms with Crippen molar-refractivity contribution in [2.75, 3.05) is 18.4 Å². The van der Waals surface area contributed by atoms with Crippen LogP contribution < -0.4 is 10.6 Å². The van der Waals surface area contributed by atoms with Crippen LogP contribution in [-0.4, -0.2) is 50.9 Å². The van der Waals surface area contributed by atoms with Gasteiger partial charge in [0.1, 0.15) is 0 Å². The van der Waals surface area contributed by atoms with Crippen LogP contribution in [0.15, 0.2) is 35.6 Å². The Balaban J connectivity index is 0.000000520. The number of hydrogen-bond acceptors (Lipinski definition) is 6. The molecule has 186 valence electrons. The molecular formula is C25H37F2N7. The maximum absolute atomic E-state index is 10.8. The SMILES string of the molecule is CC.CC(C)=Nc1ccc(-c2ccn3nc(NC4CCNCC4)ncc23)nc1C.CCC(F)F. The lowest BCUT2D eigenvalue weighted by Gasteiger charge is -2.23. The van der Waals surface area contributed by atoms with Gasteiger partial charge in [-0.3, -0.25) is 9.98 Å². The van der Waals surface area contributed by atoms with Crippen molar-refractivity contribution in [3.63, 3.8) is 0 Å². The Bertz CT molecular complexity index is 1050. The summed E-state index contributed by atoms with van der Waals surface area (Å²) in [5, 5.41) is 11.4. The Labute approximate surface area is 201 Å².